The van der Waals surface area contributed by atoms with E-state index < -0.39 is 5.97 Å². The van der Waals surface area contributed by atoms with Crippen LogP contribution in [0.3, 0.4) is 0 Å². The van der Waals surface area contributed by atoms with Crippen molar-refractivity contribution >= 4 is 28.6 Å². The topological polar surface area (TPSA) is 50.2 Å². The normalized spacial score (nSPS) is 11.0. The highest BCUT2D eigenvalue weighted by atomic mass is 32.1. The largest absolute Gasteiger partial charge is 0.477 e. The first-order valence-corrected chi connectivity index (χ1v) is 7.02. The number of carboxylic acid groups (broad SMARTS) is 1. The monoisotopic (exact) mass is 267 g/mol. The number of aromatic carboxylic acids is 1. The first-order chi connectivity index (χ1) is 8.08. The van der Waals surface area contributed by atoms with E-state index in [-0.39, 0.29) is 5.92 Å². The van der Waals surface area contributed by atoms with Crippen molar-refractivity contribution < 1.29 is 9.90 Å². The molecule has 2 aromatic rings. The van der Waals surface area contributed by atoms with Crippen molar-refractivity contribution in [2.24, 2.45) is 0 Å². The molecule has 5 heteroatoms. The van der Waals surface area contributed by atoms with Crippen LogP contribution < -0.4 is 0 Å². The van der Waals surface area contributed by atoms with Gasteiger partial charge in [0.25, 0.3) is 0 Å². The van der Waals surface area contributed by atoms with Crippen molar-refractivity contribution in [3.63, 3.8) is 0 Å². The smallest absolute Gasteiger partial charge is 0.347 e. The minimum atomic E-state index is -0.874. The van der Waals surface area contributed by atoms with E-state index in [1.807, 2.05) is 31.4 Å². The SMILES string of the molecule is CC(C)c1nc(Cc2cccs2)c(C(=O)O)s1. The van der Waals surface area contributed by atoms with Gasteiger partial charge in [-0.2, -0.15) is 0 Å². The summed E-state index contributed by atoms with van der Waals surface area (Å²) in [5.41, 5.74) is 0.689. The Morgan fingerprint density at radius 2 is 2.29 bits per heavy atom. The van der Waals surface area contributed by atoms with Gasteiger partial charge in [0.2, 0.25) is 0 Å². The van der Waals surface area contributed by atoms with Crippen molar-refractivity contribution in [3.05, 3.63) is 38.0 Å². The highest BCUT2D eigenvalue weighted by Gasteiger charge is 2.19. The zero-order valence-corrected chi connectivity index (χ0v) is 11.3. The molecule has 0 unspecified atom stereocenters. The van der Waals surface area contributed by atoms with Crippen LogP contribution in [0.2, 0.25) is 0 Å². The predicted molar refractivity (Wildman–Crippen MR) is 70.3 cm³/mol. The van der Waals surface area contributed by atoms with Gasteiger partial charge in [-0.3, -0.25) is 0 Å². The van der Waals surface area contributed by atoms with Crippen molar-refractivity contribution in [3.8, 4) is 0 Å². The molecule has 0 aliphatic rings. The van der Waals surface area contributed by atoms with Crippen LogP contribution in [0.5, 0.6) is 0 Å². The summed E-state index contributed by atoms with van der Waals surface area (Å²) < 4.78 is 0. The number of hydrogen-bond acceptors (Lipinski definition) is 4. The van der Waals surface area contributed by atoms with Crippen LogP contribution in [0.25, 0.3) is 0 Å². The fraction of sp³-hybridized carbons (Fsp3) is 0.333. The molecule has 90 valence electrons. The highest BCUT2D eigenvalue weighted by Crippen LogP contribution is 2.27. The molecule has 0 fully saturated rings. The van der Waals surface area contributed by atoms with Crippen LogP contribution in [0.4, 0.5) is 0 Å². The van der Waals surface area contributed by atoms with Crippen LogP contribution >= 0.6 is 22.7 Å². The Morgan fingerprint density at radius 1 is 1.53 bits per heavy atom. The minimum Gasteiger partial charge on any atom is -0.477 e. The highest BCUT2D eigenvalue weighted by molar-refractivity contribution is 7.13. The molecule has 0 spiro atoms. The van der Waals surface area contributed by atoms with Crippen molar-refractivity contribution in [1.29, 1.82) is 0 Å². The average molecular weight is 267 g/mol. The van der Waals surface area contributed by atoms with E-state index >= 15 is 0 Å². The third kappa shape index (κ3) is 2.73. The molecule has 2 aromatic heterocycles. The summed E-state index contributed by atoms with van der Waals surface area (Å²) in [4.78, 5) is 17.1. The lowest BCUT2D eigenvalue weighted by atomic mass is 10.2. The molecule has 0 radical (unpaired) electrons. The predicted octanol–water partition coefficient (Wildman–Crippen LogP) is 3.62. The van der Waals surface area contributed by atoms with Gasteiger partial charge in [0.1, 0.15) is 4.88 Å². The summed E-state index contributed by atoms with van der Waals surface area (Å²) >= 11 is 2.92. The number of carbonyl (C=O) groups is 1. The molecule has 0 atom stereocenters. The molecule has 2 heterocycles. The summed E-state index contributed by atoms with van der Waals surface area (Å²) in [6, 6.07) is 3.97. The molecule has 2 rings (SSSR count). The Labute approximate surface area is 108 Å². The summed E-state index contributed by atoms with van der Waals surface area (Å²) in [6.45, 7) is 4.05. The number of nitrogens with zero attached hydrogens (tertiary/aromatic N) is 1. The molecular weight excluding hydrogens is 254 g/mol. The Bertz CT molecular complexity index is 515. The van der Waals surface area contributed by atoms with E-state index in [1.165, 1.54) is 11.3 Å². The summed E-state index contributed by atoms with van der Waals surface area (Å²) in [6.07, 6.45) is 0.614. The number of hydrogen-bond donors (Lipinski definition) is 1. The molecule has 0 saturated heterocycles. The van der Waals surface area contributed by atoms with Gasteiger partial charge in [-0.05, 0) is 11.4 Å². The Kier molecular flexibility index (Phi) is 3.59. The van der Waals surface area contributed by atoms with Crippen LogP contribution in [0, 0.1) is 0 Å². The maximum Gasteiger partial charge on any atom is 0.347 e. The lowest BCUT2D eigenvalue weighted by Crippen LogP contribution is -1.99. The number of thiazole rings is 1. The van der Waals surface area contributed by atoms with Crippen LogP contribution in [-0.4, -0.2) is 16.1 Å². The Hall–Kier alpha value is -1.20. The van der Waals surface area contributed by atoms with E-state index in [1.54, 1.807) is 11.3 Å². The van der Waals surface area contributed by atoms with Crippen molar-refractivity contribution in [2.75, 3.05) is 0 Å². The maximum atomic E-state index is 11.2. The minimum absolute atomic E-state index is 0.273. The van der Waals surface area contributed by atoms with E-state index in [0.29, 0.717) is 17.0 Å². The molecule has 0 amide bonds. The first kappa shape index (κ1) is 12.3. The number of rotatable bonds is 4. The standard InChI is InChI=1S/C12H13NO2S2/c1-7(2)11-13-9(10(17-11)12(14)15)6-8-4-3-5-16-8/h3-5,7H,6H2,1-2H3,(H,14,15). The number of thiophene rings is 1. The summed E-state index contributed by atoms with van der Waals surface area (Å²) in [5, 5.41) is 12.1. The van der Waals surface area contributed by atoms with Gasteiger partial charge in [-0.1, -0.05) is 19.9 Å². The quantitative estimate of drug-likeness (QED) is 0.920. The lowest BCUT2D eigenvalue weighted by molar-refractivity contribution is 0.0701. The van der Waals surface area contributed by atoms with Crippen LogP contribution in [0.15, 0.2) is 17.5 Å². The van der Waals surface area contributed by atoms with Gasteiger partial charge in [0, 0.05) is 17.2 Å². The third-order valence-electron chi connectivity index (χ3n) is 2.32. The lowest BCUT2D eigenvalue weighted by Gasteiger charge is -1.96. The Balaban J connectivity index is 2.34. The van der Waals surface area contributed by atoms with Gasteiger partial charge in [-0.25, -0.2) is 9.78 Å². The molecule has 0 aliphatic heterocycles. The molecule has 0 aliphatic carbocycles. The van der Waals surface area contributed by atoms with Crippen molar-refractivity contribution in [1.82, 2.24) is 4.98 Å². The van der Waals surface area contributed by atoms with E-state index in [4.69, 9.17) is 5.11 Å². The van der Waals surface area contributed by atoms with E-state index in [0.717, 1.165) is 9.88 Å². The fourth-order valence-electron chi connectivity index (χ4n) is 1.48. The molecule has 0 aromatic carbocycles. The molecular formula is C12H13NO2S2. The second kappa shape index (κ2) is 4.98. The number of aromatic nitrogens is 1. The van der Waals surface area contributed by atoms with E-state index in [9.17, 15) is 4.79 Å². The zero-order valence-electron chi connectivity index (χ0n) is 9.64. The van der Waals surface area contributed by atoms with Crippen LogP contribution in [0.1, 0.15) is 45.0 Å². The molecule has 3 nitrogen and oxygen atoms in total. The number of carboxylic acids is 1. The maximum absolute atomic E-state index is 11.2. The Morgan fingerprint density at radius 3 is 2.82 bits per heavy atom. The van der Waals surface area contributed by atoms with E-state index in [2.05, 4.69) is 4.98 Å². The average Bonchev–Trinajstić information content (AvgIpc) is 2.87. The summed E-state index contributed by atoms with van der Waals surface area (Å²) in [5.74, 6) is -0.601. The van der Waals surface area contributed by atoms with Gasteiger partial charge in [0.15, 0.2) is 0 Å². The second-order valence-corrected chi connectivity index (χ2v) is 6.11. The third-order valence-corrected chi connectivity index (χ3v) is 4.59. The molecule has 1 N–H and O–H groups in total. The van der Waals surface area contributed by atoms with Gasteiger partial charge >= 0.3 is 5.97 Å². The molecule has 0 bridgehead atoms. The van der Waals surface area contributed by atoms with Gasteiger partial charge in [-0.15, -0.1) is 22.7 Å². The fourth-order valence-corrected chi connectivity index (χ4v) is 3.11. The summed E-state index contributed by atoms with van der Waals surface area (Å²) in [7, 11) is 0. The van der Waals surface area contributed by atoms with Crippen LogP contribution in [-0.2, 0) is 6.42 Å². The van der Waals surface area contributed by atoms with Gasteiger partial charge in [0.05, 0.1) is 10.7 Å². The first-order valence-electron chi connectivity index (χ1n) is 5.33. The zero-order chi connectivity index (χ0) is 12.4. The molecule has 0 saturated carbocycles. The van der Waals surface area contributed by atoms with Gasteiger partial charge < -0.3 is 5.11 Å². The second-order valence-electron chi connectivity index (χ2n) is 4.04. The molecule has 17 heavy (non-hydrogen) atoms. The van der Waals surface area contributed by atoms with Crippen molar-refractivity contribution in [2.45, 2.75) is 26.2 Å².